The molecule has 7 nitrogen and oxygen atoms in total. The number of carbonyl (C=O) groups is 3. The fourth-order valence-corrected chi connectivity index (χ4v) is 3.13. The Balaban J connectivity index is 3.67. The van der Waals surface area contributed by atoms with E-state index in [2.05, 4.69) is 39.1 Å². The number of esters is 2. The van der Waals surface area contributed by atoms with Crippen LogP contribution in [0.4, 0.5) is 0 Å². The van der Waals surface area contributed by atoms with Gasteiger partial charge in [-0.15, -0.1) is 0 Å². The van der Waals surface area contributed by atoms with Gasteiger partial charge in [-0.1, -0.05) is 43.6 Å². The number of rotatable bonds is 20. The summed E-state index contributed by atoms with van der Waals surface area (Å²) in [6.07, 6.45) is 21.7. The van der Waals surface area contributed by atoms with Crippen LogP contribution in [0.15, 0.2) is 24.3 Å². The predicted molar refractivity (Wildman–Crippen MR) is 126 cm³/mol. The number of aliphatic hydroxyl groups is 1. The number of nitrogens with one attached hydrogen (secondary N) is 1. The van der Waals surface area contributed by atoms with Crippen molar-refractivity contribution in [2.45, 2.75) is 95.9 Å². The number of unbranched alkanes of at least 4 members (excludes halogenated alkanes) is 9. The number of amides is 1. The van der Waals surface area contributed by atoms with Gasteiger partial charge in [-0.3, -0.25) is 9.59 Å². The summed E-state index contributed by atoms with van der Waals surface area (Å²) >= 11 is 0. The third-order valence-corrected chi connectivity index (χ3v) is 5.05. The van der Waals surface area contributed by atoms with Crippen molar-refractivity contribution in [3.8, 4) is 0 Å². The smallest absolute Gasteiger partial charge is 0.328 e. The van der Waals surface area contributed by atoms with Crippen molar-refractivity contribution in [3.05, 3.63) is 24.3 Å². The molecule has 0 rings (SSSR count). The number of ether oxygens (including phenoxy) is 2. The van der Waals surface area contributed by atoms with Gasteiger partial charge in [0.2, 0.25) is 5.91 Å². The molecule has 0 aromatic heterocycles. The van der Waals surface area contributed by atoms with Gasteiger partial charge in [0, 0.05) is 13.0 Å². The van der Waals surface area contributed by atoms with Crippen LogP contribution in [0.5, 0.6) is 0 Å². The number of carbonyl (C=O) groups excluding carboxylic acids is 3. The van der Waals surface area contributed by atoms with E-state index in [0.717, 1.165) is 38.5 Å². The van der Waals surface area contributed by atoms with Gasteiger partial charge < -0.3 is 19.9 Å². The zero-order chi connectivity index (χ0) is 23.9. The van der Waals surface area contributed by atoms with Gasteiger partial charge in [-0.2, -0.15) is 0 Å². The third-order valence-electron chi connectivity index (χ3n) is 5.05. The lowest BCUT2D eigenvalue weighted by Crippen LogP contribution is -2.43. The maximum absolute atomic E-state index is 12.0. The molecule has 32 heavy (non-hydrogen) atoms. The lowest BCUT2D eigenvalue weighted by atomic mass is 10.1. The molecule has 0 aliphatic heterocycles. The van der Waals surface area contributed by atoms with Crippen LogP contribution in [-0.4, -0.2) is 49.8 Å². The van der Waals surface area contributed by atoms with Crippen molar-refractivity contribution in [1.29, 1.82) is 0 Å². The summed E-state index contributed by atoms with van der Waals surface area (Å²) in [5.74, 6) is -1.52. The Kier molecular flexibility index (Phi) is 20.6. The highest BCUT2D eigenvalue weighted by atomic mass is 16.5. The topological polar surface area (TPSA) is 102 Å². The highest BCUT2D eigenvalue weighted by Crippen LogP contribution is 2.09. The first-order chi connectivity index (χ1) is 15.5. The second-order valence-corrected chi connectivity index (χ2v) is 7.82. The number of allylic oxidation sites excluding steroid dienone is 4. The first kappa shape index (κ1) is 29.9. The molecule has 0 bridgehead atoms. The predicted octanol–water partition coefficient (Wildman–Crippen LogP) is 4.38. The summed E-state index contributed by atoms with van der Waals surface area (Å²) in [5.41, 5.74) is 0. The Hall–Kier alpha value is -2.15. The van der Waals surface area contributed by atoms with Crippen LogP contribution >= 0.6 is 0 Å². The Morgan fingerprint density at radius 1 is 0.750 bits per heavy atom. The fraction of sp³-hybridized carbons (Fsp3) is 0.720. The van der Waals surface area contributed by atoms with E-state index in [0.29, 0.717) is 13.0 Å². The standard InChI is InChI=1S/C25H43NO6/c1-31-24(29)21-22(25(30)32-2)26-23(28)19-17-15-13-11-9-7-5-3-4-6-8-10-12-14-16-18-20-27/h10-13,22,27H,3-9,14-21H2,1-2H3,(H,26,28)/b12-10-,13-11-/t22-/m0/s1. The Labute approximate surface area is 193 Å². The van der Waals surface area contributed by atoms with Crippen molar-refractivity contribution in [2.75, 3.05) is 20.8 Å². The summed E-state index contributed by atoms with van der Waals surface area (Å²) in [6, 6.07) is -1.01. The van der Waals surface area contributed by atoms with Gasteiger partial charge in [-0.05, 0) is 57.8 Å². The van der Waals surface area contributed by atoms with Gasteiger partial charge in [0.25, 0.3) is 0 Å². The van der Waals surface area contributed by atoms with Crippen LogP contribution in [0.1, 0.15) is 89.9 Å². The third kappa shape index (κ3) is 18.6. The van der Waals surface area contributed by atoms with Crippen LogP contribution in [0.25, 0.3) is 0 Å². The van der Waals surface area contributed by atoms with Crippen LogP contribution in [0, 0.1) is 0 Å². The fourth-order valence-electron chi connectivity index (χ4n) is 3.13. The lowest BCUT2D eigenvalue weighted by Gasteiger charge is -2.15. The normalized spacial score (nSPS) is 12.2. The van der Waals surface area contributed by atoms with E-state index in [1.165, 1.54) is 46.3 Å². The van der Waals surface area contributed by atoms with Crippen LogP contribution in [0.3, 0.4) is 0 Å². The van der Waals surface area contributed by atoms with Crippen LogP contribution in [0.2, 0.25) is 0 Å². The zero-order valence-corrected chi connectivity index (χ0v) is 20.0. The van der Waals surface area contributed by atoms with Gasteiger partial charge in [0.1, 0.15) is 6.04 Å². The van der Waals surface area contributed by atoms with Crippen molar-refractivity contribution in [2.24, 2.45) is 0 Å². The Morgan fingerprint density at radius 2 is 1.25 bits per heavy atom. The number of hydrogen-bond acceptors (Lipinski definition) is 6. The van der Waals surface area contributed by atoms with E-state index in [-0.39, 0.29) is 18.7 Å². The van der Waals surface area contributed by atoms with Crippen molar-refractivity contribution >= 4 is 17.8 Å². The van der Waals surface area contributed by atoms with Crippen molar-refractivity contribution in [1.82, 2.24) is 5.32 Å². The van der Waals surface area contributed by atoms with Crippen LogP contribution < -0.4 is 5.32 Å². The first-order valence-corrected chi connectivity index (χ1v) is 11.9. The Bertz CT molecular complexity index is 559. The molecule has 0 aromatic rings. The molecule has 0 spiro atoms. The molecule has 0 aromatic carbocycles. The molecule has 2 N–H and O–H groups in total. The summed E-state index contributed by atoms with van der Waals surface area (Å²) in [6.45, 7) is 0.290. The molecular formula is C25H43NO6. The monoisotopic (exact) mass is 453 g/mol. The molecule has 7 heteroatoms. The van der Waals surface area contributed by atoms with Crippen molar-refractivity contribution in [3.63, 3.8) is 0 Å². The first-order valence-electron chi connectivity index (χ1n) is 11.9. The molecule has 184 valence electrons. The molecule has 1 atom stereocenters. The summed E-state index contributed by atoms with van der Waals surface area (Å²) in [5, 5.41) is 11.2. The second-order valence-electron chi connectivity index (χ2n) is 7.82. The molecule has 0 unspecified atom stereocenters. The number of aliphatic hydroxyl groups excluding tert-OH is 1. The molecule has 0 saturated carbocycles. The average molecular weight is 454 g/mol. The molecule has 0 radical (unpaired) electrons. The maximum atomic E-state index is 12.0. The van der Waals surface area contributed by atoms with E-state index in [9.17, 15) is 14.4 Å². The zero-order valence-electron chi connectivity index (χ0n) is 20.0. The highest BCUT2D eigenvalue weighted by Gasteiger charge is 2.24. The minimum absolute atomic E-state index is 0.239. The van der Waals surface area contributed by atoms with E-state index >= 15 is 0 Å². The van der Waals surface area contributed by atoms with E-state index in [1.807, 2.05) is 0 Å². The molecule has 0 fully saturated rings. The molecular weight excluding hydrogens is 410 g/mol. The minimum Gasteiger partial charge on any atom is -0.469 e. The average Bonchev–Trinajstić information content (AvgIpc) is 2.79. The molecule has 0 heterocycles. The van der Waals surface area contributed by atoms with Gasteiger partial charge in [0.15, 0.2) is 0 Å². The van der Waals surface area contributed by atoms with Gasteiger partial charge in [-0.25, -0.2) is 4.79 Å². The second kappa shape index (κ2) is 22.1. The minimum atomic E-state index is -1.01. The molecule has 0 saturated heterocycles. The number of methoxy groups -OCH3 is 2. The number of hydrogen-bond donors (Lipinski definition) is 2. The largest absolute Gasteiger partial charge is 0.469 e. The van der Waals surface area contributed by atoms with E-state index in [4.69, 9.17) is 5.11 Å². The van der Waals surface area contributed by atoms with E-state index in [1.54, 1.807) is 0 Å². The quantitative estimate of drug-likeness (QED) is 0.161. The molecule has 0 aliphatic carbocycles. The molecule has 0 aliphatic rings. The van der Waals surface area contributed by atoms with Crippen LogP contribution in [-0.2, 0) is 23.9 Å². The van der Waals surface area contributed by atoms with Gasteiger partial charge >= 0.3 is 11.9 Å². The van der Waals surface area contributed by atoms with Crippen molar-refractivity contribution < 1.29 is 29.0 Å². The van der Waals surface area contributed by atoms with E-state index < -0.39 is 18.0 Å². The highest BCUT2D eigenvalue weighted by molar-refractivity contribution is 5.87. The summed E-state index contributed by atoms with van der Waals surface area (Å²) < 4.78 is 9.15. The summed E-state index contributed by atoms with van der Waals surface area (Å²) in [7, 11) is 2.44. The maximum Gasteiger partial charge on any atom is 0.328 e. The summed E-state index contributed by atoms with van der Waals surface area (Å²) in [4.78, 5) is 35.0. The lowest BCUT2D eigenvalue weighted by molar-refractivity contribution is -0.150. The molecule has 1 amide bonds. The SMILES string of the molecule is COC(=O)C[C@H](NC(=O)CCC/C=C\CCCCCCC/C=C\CCCCO)C(=O)OC. The Morgan fingerprint density at radius 3 is 1.75 bits per heavy atom. The van der Waals surface area contributed by atoms with Gasteiger partial charge in [0.05, 0.1) is 20.6 Å².